The van der Waals surface area contributed by atoms with E-state index in [1.165, 1.54) is 26.0 Å². The van der Waals surface area contributed by atoms with Gasteiger partial charge in [0.2, 0.25) is 0 Å². The van der Waals surface area contributed by atoms with Gasteiger partial charge in [-0.3, -0.25) is 4.79 Å². The van der Waals surface area contributed by atoms with E-state index in [4.69, 9.17) is 20.3 Å². The Hall–Kier alpha value is -1.40. The molecule has 0 saturated carbocycles. The second kappa shape index (κ2) is 5.79. The number of aliphatic carboxylic acids is 1. The summed E-state index contributed by atoms with van der Waals surface area (Å²) in [5.41, 5.74) is 6.14. The molecule has 0 aliphatic heterocycles. The Labute approximate surface area is 104 Å². The molecule has 0 saturated heterocycles. The number of rotatable bonds is 5. The van der Waals surface area contributed by atoms with E-state index in [9.17, 15) is 4.79 Å². The largest absolute Gasteiger partial charge is 0.493 e. The quantitative estimate of drug-likeness (QED) is 0.778. The van der Waals surface area contributed by atoms with Gasteiger partial charge in [0.25, 0.3) is 0 Å². The lowest BCUT2D eigenvalue weighted by Gasteiger charge is -2.15. The van der Waals surface area contributed by atoms with Crippen molar-refractivity contribution in [3.63, 3.8) is 0 Å². The summed E-state index contributed by atoms with van der Waals surface area (Å²) < 4.78 is 10.3. The van der Waals surface area contributed by atoms with E-state index >= 15 is 0 Å². The van der Waals surface area contributed by atoms with Gasteiger partial charge in [-0.25, -0.2) is 0 Å². The number of carbonyl (C=O) groups is 1. The minimum absolute atomic E-state index is 0.469. The minimum atomic E-state index is -1.08. The van der Waals surface area contributed by atoms with Crippen molar-refractivity contribution in [1.29, 1.82) is 0 Å². The molecule has 1 aromatic rings. The molecule has 0 radical (unpaired) electrons. The normalized spacial score (nSPS) is 12.0. The first-order valence-corrected chi connectivity index (χ1v) is 6.05. The number of hydrogen-bond donors (Lipinski definition) is 2. The molecule has 6 heteroatoms. The molecule has 1 atom stereocenters. The van der Waals surface area contributed by atoms with Crippen molar-refractivity contribution >= 4 is 17.7 Å². The molecule has 0 aromatic heterocycles. The fraction of sp³-hybridized carbons (Fsp3) is 0.364. The predicted molar refractivity (Wildman–Crippen MR) is 65.9 cm³/mol. The van der Waals surface area contributed by atoms with Crippen LogP contribution in [-0.2, 0) is 4.79 Å². The molecule has 0 fully saturated rings. The highest BCUT2D eigenvalue weighted by Crippen LogP contribution is 2.36. The highest BCUT2D eigenvalue weighted by atomic mass is 32.2. The lowest BCUT2D eigenvalue weighted by Crippen LogP contribution is -2.21. The van der Waals surface area contributed by atoms with Gasteiger partial charge in [-0.15, -0.1) is 11.8 Å². The van der Waals surface area contributed by atoms with Crippen LogP contribution in [0.4, 0.5) is 0 Å². The van der Waals surface area contributed by atoms with Crippen molar-refractivity contribution in [2.75, 3.05) is 20.5 Å². The van der Waals surface area contributed by atoms with Crippen molar-refractivity contribution in [1.82, 2.24) is 0 Å². The van der Waals surface area contributed by atoms with Crippen molar-refractivity contribution in [2.24, 2.45) is 5.73 Å². The maximum absolute atomic E-state index is 10.9. The SMILES string of the molecule is COc1cc(SC)c(C(N)C(=O)O)cc1OC. The van der Waals surface area contributed by atoms with E-state index in [1.807, 2.05) is 6.26 Å². The first kappa shape index (κ1) is 13.7. The Morgan fingerprint density at radius 3 is 2.29 bits per heavy atom. The highest BCUT2D eigenvalue weighted by molar-refractivity contribution is 7.98. The second-order valence-corrected chi connectivity index (χ2v) is 4.11. The molecular formula is C11H15NO4S. The van der Waals surface area contributed by atoms with Crippen molar-refractivity contribution in [3.05, 3.63) is 17.7 Å². The molecule has 94 valence electrons. The van der Waals surface area contributed by atoms with E-state index in [0.717, 1.165) is 4.90 Å². The van der Waals surface area contributed by atoms with Crippen molar-refractivity contribution in [2.45, 2.75) is 10.9 Å². The number of thioether (sulfide) groups is 1. The van der Waals surface area contributed by atoms with Crippen LogP contribution in [-0.4, -0.2) is 31.6 Å². The van der Waals surface area contributed by atoms with Gasteiger partial charge in [0.1, 0.15) is 6.04 Å². The molecule has 5 nitrogen and oxygen atoms in total. The van der Waals surface area contributed by atoms with Crippen LogP contribution in [0.3, 0.4) is 0 Å². The minimum Gasteiger partial charge on any atom is -0.493 e. The zero-order chi connectivity index (χ0) is 13.0. The number of methoxy groups -OCH3 is 2. The van der Waals surface area contributed by atoms with Gasteiger partial charge in [0.15, 0.2) is 11.5 Å². The van der Waals surface area contributed by atoms with Crippen LogP contribution in [0.15, 0.2) is 17.0 Å². The predicted octanol–water partition coefficient (Wildman–Crippen LogP) is 1.51. The summed E-state index contributed by atoms with van der Waals surface area (Å²) in [7, 11) is 3.02. The molecule has 0 amide bonds. The number of carboxylic acids is 1. The van der Waals surface area contributed by atoms with Crippen molar-refractivity contribution < 1.29 is 19.4 Å². The molecule has 0 heterocycles. The first-order chi connectivity index (χ1) is 8.04. The van der Waals surface area contributed by atoms with Gasteiger partial charge in [-0.05, 0) is 24.0 Å². The van der Waals surface area contributed by atoms with E-state index in [1.54, 1.807) is 12.1 Å². The molecule has 0 aliphatic rings. The van der Waals surface area contributed by atoms with Gasteiger partial charge in [0, 0.05) is 4.90 Å². The summed E-state index contributed by atoms with van der Waals surface area (Å²) >= 11 is 1.41. The number of benzene rings is 1. The zero-order valence-electron chi connectivity index (χ0n) is 9.89. The lowest BCUT2D eigenvalue weighted by atomic mass is 10.1. The van der Waals surface area contributed by atoms with E-state index < -0.39 is 12.0 Å². The Morgan fingerprint density at radius 1 is 1.35 bits per heavy atom. The highest BCUT2D eigenvalue weighted by Gasteiger charge is 2.20. The Morgan fingerprint density at radius 2 is 1.88 bits per heavy atom. The summed E-state index contributed by atoms with van der Waals surface area (Å²) in [6, 6.07) is 2.25. The van der Waals surface area contributed by atoms with E-state index in [2.05, 4.69) is 0 Å². The Bertz CT molecular complexity index is 422. The van der Waals surface area contributed by atoms with Crippen molar-refractivity contribution in [3.8, 4) is 11.5 Å². The van der Waals surface area contributed by atoms with Crippen LogP contribution in [0.5, 0.6) is 11.5 Å². The third kappa shape index (κ3) is 2.83. The van der Waals surface area contributed by atoms with Gasteiger partial charge in [-0.2, -0.15) is 0 Å². The molecule has 1 aromatic carbocycles. The number of ether oxygens (including phenoxy) is 2. The molecule has 0 spiro atoms. The van der Waals surface area contributed by atoms with Gasteiger partial charge in [-0.1, -0.05) is 0 Å². The molecule has 0 aliphatic carbocycles. The van der Waals surface area contributed by atoms with Crippen LogP contribution in [0.25, 0.3) is 0 Å². The van der Waals surface area contributed by atoms with Gasteiger partial charge < -0.3 is 20.3 Å². The Balaban J connectivity index is 3.33. The topological polar surface area (TPSA) is 81.8 Å². The summed E-state index contributed by atoms with van der Waals surface area (Å²) in [5.74, 6) is -0.0530. The molecular weight excluding hydrogens is 242 g/mol. The van der Waals surface area contributed by atoms with Crippen LogP contribution in [0, 0.1) is 0 Å². The number of hydrogen-bond acceptors (Lipinski definition) is 5. The van der Waals surface area contributed by atoms with Gasteiger partial charge in [0.05, 0.1) is 14.2 Å². The molecule has 17 heavy (non-hydrogen) atoms. The average Bonchev–Trinajstić information content (AvgIpc) is 2.35. The fourth-order valence-electron chi connectivity index (χ4n) is 1.43. The van der Waals surface area contributed by atoms with E-state index in [0.29, 0.717) is 17.1 Å². The van der Waals surface area contributed by atoms with E-state index in [-0.39, 0.29) is 0 Å². The Kier molecular flexibility index (Phi) is 4.65. The van der Waals surface area contributed by atoms with Crippen LogP contribution in [0.2, 0.25) is 0 Å². The third-order valence-corrected chi connectivity index (χ3v) is 3.13. The average molecular weight is 257 g/mol. The van der Waals surface area contributed by atoms with Gasteiger partial charge >= 0.3 is 5.97 Å². The summed E-state index contributed by atoms with van der Waals surface area (Å²) in [4.78, 5) is 11.7. The summed E-state index contributed by atoms with van der Waals surface area (Å²) in [5, 5.41) is 8.94. The standard InChI is InChI=1S/C11H15NO4S/c1-15-7-4-6(10(12)11(13)14)9(17-3)5-8(7)16-2/h4-5,10H,12H2,1-3H3,(H,13,14). The lowest BCUT2D eigenvalue weighted by molar-refractivity contribution is -0.138. The zero-order valence-corrected chi connectivity index (χ0v) is 10.7. The number of carboxylic acid groups (broad SMARTS) is 1. The van der Waals surface area contributed by atoms with Crippen LogP contribution >= 0.6 is 11.8 Å². The molecule has 0 bridgehead atoms. The van der Waals surface area contributed by atoms with Crippen LogP contribution < -0.4 is 15.2 Å². The summed E-state index contributed by atoms with van der Waals surface area (Å²) in [6.07, 6.45) is 1.85. The molecule has 1 unspecified atom stereocenters. The molecule has 3 N–H and O–H groups in total. The molecule has 1 rings (SSSR count). The second-order valence-electron chi connectivity index (χ2n) is 3.27. The van der Waals surface area contributed by atoms with Crippen LogP contribution in [0.1, 0.15) is 11.6 Å². The summed E-state index contributed by atoms with van der Waals surface area (Å²) in [6.45, 7) is 0. The maximum atomic E-state index is 10.9. The first-order valence-electron chi connectivity index (χ1n) is 4.83. The number of nitrogens with two attached hydrogens (primary N) is 1. The smallest absolute Gasteiger partial charge is 0.325 e. The monoisotopic (exact) mass is 257 g/mol. The maximum Gasteiger partial charge on any atom is 0.325 e. The third-order valence-electron chi connectivity index (χ3n) is 2.34. The fourth-order valence-corrected chi connectivity index (χ4v) is 2.08.